The minimum atomic E-state index is -3.28. The average molecular weight is 253 g/mol. The fourth-order valence-electron chi connectivity index (χ4n) is 2.42. The van der Waals surface area contributed by atoms with Crippen molar-refractivity contribution in [3.63, 3.8) is 0 Å². The number of hydrogen-bond acceptors (Lipinski definition) is 3. The van der Waals surface area contributed by atoms with E-state index in [1.165, 1.54) is 4.31 Å². The molecule has 0 radical (unpaired) electrons. The summed E-state index contributed by atoms with van der Waals surface area (Å²) in [5.74, 6) is 0. The maximum absolute atomic E-state index is 12.3. The molecule has 0 spiro atoms. The Hall–Kier alpha value is -0.980. The summed E-state index contributed by atoms with van der Waals surface area (Å²) in [7, 11) is -3.28. The fraction of sp³-hybridized carbons (Fsp3) is 0.545. The first-order valence-corrected chi connectivity index (χ1v) is 7.25. The van der Waals surface area contributed by atoms with E-state index >= 15 is 0 Å². The van der Waals surface area contributed by atoms with E-state index in [1.807, 2.05) is 12.1 Å². The molecule has 1 saturated heterocycles. The molecule has 0 unspecified atom stereocenters. The molecule has 1 aromatic heterocycles. The van der Waals surface area contributed by atoms with Gasteiger partial charge < -0.3 is 0 Å². The first kappa shape index (κ1) is 11.1. The molecule has 0 N–H and O–H groups in total. The Morgan fingerprint density at radius 1 is 1.12 bits per heavy atom. The molecule has 0 aliphatic carbocycles. The molecule has 6 heteroatoms. The number of nitrogens with zero attached hydrogens (tertiary/aromatic N) is 3. The molecule has 2 aliphatic heterocycles. The van der Waals surface area contributed by atoms with E-state index in [0.717, 1.165) is 24.1 Å². The highest BCUT2D eigenvalue weighted by Gasteiger charge is 2.35. The van der Waals surface area contributed by atoms with Gasteiger partial charge in [0.1, 0.15) is 0 Å². The van der Waals surface area contributed by atoms with Gasteiger partial charge >= 0.3 is 0 Å². The van der Waals surface area contributed by atoms with Crippen LogP contribution in [0.1, 0.15) is 24.1 Å². The largest absolute Gasteiger partial charge is 0.282 e. The molecule has 17 heavy (non-hydrogen) atoms. The predicted molar refractivity (Wildman–Crippen MR) is 63.2 cm³/mol. The Labute approximate surface area is 101 Å². The van der Waals surface area contributed by atoms with Crippen LogP contribution < -0.4 is 0 Å². The van der Waals surface area contributed by atoms with Crippen LogP contribution >= 0.6 is 0 Å². The van der Waals surface area contributed by atoms with Crippen LogP contribution in [0.3, 0.4) is 0 Å². The highest BCUT2D eigenvalue weighted by molar-refractivity contribution is 7.86. The summed E-state index contributed by atoms with van der Waals surface area (Å²) >= 11 is 0. The molecule has 2 aliphatic rings. The highest BCUT2D eigenvalue weighted by Crippen LogP contribution is 2.26. The van der Waals surface area contributed by atoms with Crippen molar-refractivity contribution in [2.75, 3.05) is 13.1 Å². The lowest BCUT2D eigenvalue weighted by Gasteiger charge is -2.22. The van der Waals surface area contributed by atoms with Crippen LogP contribution in [0.5, 0.6) is 0 Å². The van der Waals surface area contributed by atoms with Gasteiger partial charge in [0.25, 0.3) is 10.2 Å². The molecular formula is C11H15N3O2S. The molecule has 3 heterocycles. The minimum absolute atomic E-state index is 0.412. The summed E-state index contributed by atoms with van der Waals surface area (Å²) in [5, 5.41) is 0. The fourth-order valence-corrected chi connectivity index (χ4v) is 4.05. The van der Waals surface area contributed by atoms with E-state index in [4.69, 9.17) is 0 Å². The van der Waals surface area contributed by atoms with E-state index in [2.05, 4.69) is 4.98 Å². The molecule has 1 fully saturated rings. The Morgan fingerprint density at radius 2 is 1.88 bits per heavy atom. The van der Waals surface area contributed by atoms with Crippen molar-refractivity contribution in [2.45, 2.75) is 25.9 Å². The second kappa shape index (κ2) is 4.04. The van der Waals surface area contributed by atoms with Gasteiger partial charge in [0, 0.05) is 25.8 Å². The number of aromatic nitrogens is 1. The van der Waals surface area contributed by atoms with Crippen LogP contribution in [0.25, 0.3) is 0 Å². The molecule has 0 bridgehead atoms. The van der Waals surface area contributed by atoms with Gasteiger partial charge in [0.15, 0.2) is 0 Å². The van der Waals surface area contributed by atoms with Gasteiger partial charge in [-0.05, 0) is 24.5 Å². The van der Waals surface area contributed by atoms with Crippen molar-refractivity contribution in [3.8, 4) is 0 Å². The van der Waals surface area contributed by atoms with Crippen LogP contribution in [0.4, 0.5) is 0 Å². The number of pyridine rings is 1. The Balaban J connectivity index is 1.84. The van der Waals surface area contributed by atoms with E-state index in [1.54, 1.807) is 10.5 Å². The molecule has 5 nitrogen and oxygen atoms in total. The van der Waals surface area contributed by atoms with Gasteiger partial charge in [0.2, 0.25) is 0 Å². The molecule has 0 aromatic carbocycles. The molecule has 0 saturated carbocycles. The van der Waals surface area contributed by atoms with E-state index in [9.17, 15) is 8.42 Å². The summed E-state index contributed by atoms with van der Waals surface area (Å²) < 4.78 is 27.8. The summed E-state index contributed by atoms with van der Waals surface area (Å²) in [6.45, 7) is 2.18. The zero-order valence-electron chi connectivity index (χ0n) is 9.54. The van der Waals surface area contributed by atoms with Crippen LogP contribution in [-0.2, 0) is 23.3 Å². The lowest BCUT2D eigenvalue weighted by molar-refractivity contribution is 0.368. The average Bonchev–Trinajstić information content (AvgIpc) is 2.98. The molecule has 0 amide bonds. The maximum Gasteiger partial charge on any atom is 0.282 e. The standard InChI is InChI=1S/C11H15N3O2S/c15-17(16,13-6-1-2-7-13)14-8-10-4-3-5-12-11(10)9-14/h3-5H,1-2,6-9H2. The summed E-state index contributed by atoms with van der Waals surface area (Å²) in [6.07, 6.45) is 3.65. The van der Waals surface area contributed by atoms with Crippen LogP contribution in [0.2, 0.25) is 0 Å². The minimum Gasteiger partial charge on any atom is -0.260 e. The van der Waals surface area contributed by atoms with Gasteiger partial charge in [-0.3, -0.25) is 4.98 Å². The second-order valence-electron chi connectivity index (χ2n) is 4.49. The second-order valence-corrected chi connectivity index (χ2v) is 6.42. The summed E-state index contributed by atoms with van der Waals surface area (Å²) in [6, 6.07) is 3.80. The SMILES string of the molecule is O=S(=O)(N1CCCC1)N1Cc2cccnc2C1. The molecule has 92 valence electrons. The lowest BCUT2D eigenvalue weighted by Crippen LogP contribution is -2.39. The Morgan fingerprint density at radius 3 is 2.59 bits per heavy atom. The lowest BCUT2D eigenvalue weighted by atomic mass is 10.2. The van der Waals surface area contributed by atoms with Crippen molar-refractivity contribution >= 4 is 10.2 Å². The van der Waals surface area contributed by atoms with Crippen LogP contribution in [0, 0.1) is 0 Å². The summed E-state index contributed by atoms with van der Waals surface area (Å²) in [4.78, 5) is 4.22. The molecular weight excluding hydrogens is 238 g/mol. The monoisotopic (exact) mass is 253 g/mol. The van der Waals surface area contributed by atoms with Gasteiger partial charge in [-0.15, -0.1) is 0 Å². The first-order chi connectivity index (χ1) is 8.18. The number of fused-ring (bicyclic) bond motifs is 1. The predicted octanol–water partition coefficient (Wildman–Crippen LogP) is 0.738. The van der Waals surface area contributed by atoms with E-state index in [-0.39, 0.29) is 0 Å². The third-order valence-corrected chi connectivity index (χ3v) is 5.30. The number of hydrogen-bond donors (Lipinski definition) is 0. The molecule has 0 atom stereocenters. The quantitative estimate of drug-likeness (QED) is 0.781. The Kier molecular flexibility index (Phi) is 2.65. The van der Waals surface area contributed by atoms with Crippen molar-refractivity contribution < 1.29 is 8.42 Å². The first-order valence-electron chi connectivity index (χ1n) is 5.86. The third kappa shape index (κ3) is 1.86. The Bertz CT molecular complexity index is 498. The zero-order chi connectivity index (χ0) is 11.9. The van der Waals surface area contributed by atoms with E-state index < -0.39 is 10.2 Å². The third-order valence-electron chi connectivity index (χ3n) is 3.37. The molecule has 3 rings (SSSR count). The normalized spacial score (nSPS) is 21.9. The molecule has 1 aromatic rings. The topological polar surface area (TPSA) is 53.5 Å². The van der Waals surface area contributed by atoms with Crippen molar-refractivity contribution in [3.05, 3.63) is 29.6 Å². The van der Waals surface area contributed by atoms with Gasteiger partial charge in [-0.25, -0.2) is 0 Å². The zero-order valence-corrected chi connectivity index (χ0v) is 10.4. The van der Waals surface area contributed by atoms with Gasteiger partial charge in [-0.2, -0.15) is 17.0 Å². The van der Waals surface area contributed by atoms with Crippen molar-refractivity contribution in [2.24, 2.45) is 0 Å². The van der Waals surface area contributed by atoms with E-state index in [0.29, 0.717) is 26.2 Å². The van der Waals surface area contributed by atoms with Gasteiger partial charge in [-0.1, -0.05) is 6.07 Å². The maximum atomic E-state index is 12.3. The summed E-state index contributed by atoms with van der Waals surface area (Å²) in [5.41, 5.74) is 1.91. The van der Waals surface area contributed by atoms with Crippen LogP contribution in [-0.4, -0.2) is 35.1 Å². The highest BCUT2D eigenvalue weighted by atomic mass is 32.2. The number of rotatable bonds is 2. The van der Waals surface area contributed by atoms with Crippen LogP contribution in [0.15, 0.2) is 18.3 Å². The van der Waals surface area contributed by atoms with Gasteiger partial charge in [0.05, 0.1) is 12.2 Å². The van der Waals surface area contributed by atoms with Crippen molar-refractivity contribution in [1.82, 2.24) is 13.6 Å². The van der Waals surface area contributed by atoms with Crippen molar-refractivity contribution in [1.29, 1.82) is 0 Å². The smallest absolute Gasteiger partial charge is 0.260 e.